The van der Waals surface area contributed by atoms with Crippen LogP contribution in [-0.4, -0.2) is 26.2 Å². The quantitative estimate of drug-likeness (QED) is 0.592. The standard InChI is InChI=1S/C23H24O4/c1-4-18-19(15-8-6-5-7-9-15)17-14-23(20(24)26-2,21(25)27-3)13-16(17)12-22(18)10-11-22/h4-9H,1,10-14H2,2-3H3. The third-order valence-corrected chi connectivity index (χ3v) is 6.39. The highest BCUT2D eigenvalue weighted by Gasteiger charge is 2.58. The highest BCUT2D eigenvalue weighted by molar-refractivity contribution is 6.03. The van der Waals surface area contributed by atoms with Gasteiger partial charge in [0.25, 0.3) is 0 Å². The minimum absolute atomic E-state index is 0.105. The van der Waals surface area contributed by atoms with Gasteiger partial charge in [-0.25, -0.2) is 0 Å². The monoisotopic (exact) mass is 364 g/mol. The van der Waals surface area contributed by atoms with Gasteiger partial charge in [-0.2, -0.15) is 0 Å². The Hall–Kier alpha value is -2.62. The normalized spacial score (nSPS) is 21.7. The van der Waals surface area contributed by atoms with Crippen molar-refractivity contribution < 1.29 is 19.1 Å². The Balaban J connectivity index is 1.87. The summed E-state index contributed by atoms with van der Waals surface area (Å²) in [5.41, 5.74) is 4.60. The molecule has 0 N–H and O–H groups in total. The van der Waals surface area contributed by atoms with Crippen molar-refractivity contribution in [1.29, 1.82) is 0 Å². The summed E-state index contributed by atoms with van der Waals surface area (Å²) in [7, 11) is 2.66. The molecule has 0 atom stereocenters. The maximum absolute atomic E-state index is 12.7. The van der Waals surface area contributed by atoms with Gasteiger partial charge < -0.3 is 9.47 Å². The van der Waals surface area contributed by atoms with Crippen LogP contribution in [0.15, 0.2) is 59.7 Å². The second-order valence-electron chi connectivity index (χ2n) is 7.82. The fourth-order valence-electron chi connectivity index (χ4n) is 4.94. The summed E-state index contributed by atoms with van der Waals surface area (Å²) in [4.78, 5) is 25.3. The number of benzene rings is 1. The van der Waals surface area contributed by atoms with Crippen LogP contribution in [0.5, 0.6) is 0 Å². The predicted octanol–water partition coefficient (Wildman–Crippen LogP) is 4.23. The van der Waals surface area contributed by atoms with E-state index < -0.39 is 17.4 Å². The maximum Gasteiger partial charge on any atom is 0.323 e. The van der Waals surface area contributed by atoms with Gasteiger partial charge in [0, 0.05) is 6.42 Å². The molecule has 0 saturated heterocycles. The molecule has 1 spiro atoms. The number of ether oxygens (including phenoxy) is 2. The van der Waals surface area contributed by atoms with E-state index in [1.165, 1.54) is 25.4 Å². The van der Waals surface area contributed by atoms with Crippen LogP contribution in [0.3, 0.4) is 0 Å². The molecule has 3 aliphatic rings. The van der Waals surface area contributed by atoms with Gasteiger partial charge in [-0.1, -0.05) is 48.6 Å². The largest absolute Gasteiger partial charge is 0.468 e. The van der Waals surface area contributed by atoms with Crippen molar-refractivity contribution in [2.24, 2.45) is 10.8 Å². The average Bonchev–Trinajstić information content (AvgIpc) is 3.36. The van der Waals surface area contributed by atoms with Gasteiger partial charge in [0.05, 0.1) is 14.2 Å². The Bertz CT molecular complexity index is 868. The van der Waals surface area contributed by atoms with E-state index in [2.05, 4.69) is 18.7 Å². The minimum Gasteiger partial charge on any atom is -0.468 e. The Kier molecular flexibility index (Phi) is 4.10. The molecule has 4 nitrogen and oxygen atoms in total. The second-order valence-corrected chi connectivity index (χ2v) is 7.82. The number of hydrogen-bond donors (Lipinski definition) is 0. The summed E-state index contributed by atoms with van der Waals surface area (Å²) in [6.07, 6.45) is 5.78. The number of carbonyl (C=O) groups excluding carboxylic acids is 2. The Morgan fingerprint density at radius 3 is 2.15 bits per heavy atom. The molecule has 1 saturated carbocycles. The van der Waals surface area contributed by atoms with Crippen LogP contribution >= 0.6 is 0 Å². The fourth-order valence-corrected chi connectivity index (χ4v) is 4.94. The Morgan fingerprint density at radius 1 is 1.00 bits per heavy atom. The summed E-state index contributed by atoms with van der Waals surface area (Å²) < 4.78 is 10.1. The first-order valence-corrected chi connectivity index (χ1v) is 9.32. The molecule has 4 heteroatoms. The van der Waals surface area contributed by atoms with Crippen LogP contribution in [0.2, 0.25) is 0 Å². The molecule has 0 amide bonds. The highest BCUT2D eigenvalue weighted by atomic mass is 16.5. The molecule has 0 bridgehead atoms. The van der Waals surface area contributed by atoms with Crippen molar-refractivity contribution in [2.45, 2.75) is 32.1 Å². The lowest BCUT2D eigenvalue weighted by Gasteiger charge is -2.29. The van der Waals surface area contributed by atoms with Crippen molar-refractivity contribution in [2.75, 3.05) is 14.2 Å². The smallest absolute Gasteiger partial charge is 0.323 e. The number of rotatable bonds is 4. The molecule has 1 aromatic carbocycles. The lowest BCUT2D eigenvalue weighted by Crippen LogP contribution is -2.39. The molecule has 1 fully saturated rings. The van der Waals surface area contributed by atoms with Gasteiger partial charge in [-0.3, -0.25) is 9.59 Å². The molecule has 4 rings (SSSR count). The molecule has 0 heterocycles. The molecular formula is C23H24O4. The molecule has 140 valence electrons. The van der Waals surface area contributed by atoms with E-state index in [0.717, 1.165) is 36.0 Å². The molecule has 3 aliphatic carbocycles. The molecule has 27 heavy (non-hydrogen) atoms. The summed E-state index contributed by atoms with van der Waals surface area (Å²) in [5.74, 6) is -1.03. The SMILES string of the molecule is C=CC1=C(c2ccccc2)C2=C(CC13CC3)CC(C(=O)OC)(C(=O)OC)C2. The highest BCUT2D eigenvalue weighted by Crippen LogP contribution is 2.66. The zero-order chi connectivity index (χ0) is 19.2. The van der Waals surface area contributed by atoms with E-state index >= 15 is 0 Å². The Labute approximate surface area is 159 Å². The summed E-state index contributed by atoms with van der Waals surface area (Å²) >= 11 is 0. The molecule has 1 aromatic rings. The average molecular weight is 364 g/mol. The lowest BCUT2D eigenvalue weighted by atomic mass is 9.75. The zero-order valence-electron chi connectivity index (χ0n) is 15.8. The van der Waals surface area contributed by atoms with E-state index in [1.807, 2.05) is 24.3 Å². The summed E-state index contributed by atoms with van der Waals surface area (Å²) in [6, 6.07) is 10.2. The zero-order valence-corrected chi connectivity index (χ0v) is 15.8. The van der Waals surface area contributed by atoms with Gasteiger partial charge in [0.15, 0.2) is 5.41 Å². The number of esters is 2. The number of hydrogen-bond acceptors (Lipinski definition) is 4. The fraction of sp³-hybridized carbons (Fsp3) is 0.391. The van der Waals surface area contributed by atoms with E-state index in [4.69, 9.17) is 9.47 Å². The molecule has 0 radical (unpaired) electrons. The maximum atomic E-state index is 12.7. The lowest BCUT2D eigenvalue weighted by molar-refractivity contribution is -0.168. The van der Waals surface area contributed by atoms with Crippen LogP contribution in [0, 0.1) is 10.8 Å². The van der Waals surface area contributed by atoms with Crippen molar-refractivity contribution in [3.63, 3.8) is 0 Å². The number of methoxy groups -OCH3 is 2. The van der Waals surface area contributed by atoms with E-state index in [0.29, 0.717) is 12.8 Å². The van der Waals surface area contributed by atoms with Crippen LogP contribution < -0.4 is 0 Å². The van der Waals surface area contributed by atoms with Crippen molar-refractivity contribution >= 4 is 17.5 Å². The van der Waals surface area contributed by atoms with Crippen LogP contribution in [0.4, 0.5) is 0 Å². The molecular weight excluding hydrogens is 340 g/mol. The molecule has 0 aromatic heterocycles. The topological polar surface area (TPSA) is 52.6 Å². The van der Waals surface area contributed by atoms with Crippen LogP contribution in [0.1, 0.15) is 37.7 Å². The van der Waals surface area contributed by atoms with E-state index in [9.17, 15) is 9.59 Å². The second kappa shape index (κ2) is 6.22. The van der Waals surface area contributed by atoms with Gasteiger partial charge in [0.2, 0.25) is 0 Å². The Morgan fingerprint density at radius 2 is 1.63 bits per heavy atom. The van der Waals surface area contributed by atoms with E-state index in [-0.39, 0.29) is 5.41 Å². The minimum atomic E-state index is -1.28. The first kappa shape index (κ1) is 17.8. The predicted molar refractivity (Wildman–Crippen MR) is 103 cm³/mol. The van der Waals surface area contributed by atoms with Gasteiger partial charge in [-0.05, 0) is 53.4 Å². The molecule has 0 aliphatic heterocycles. The van der Waals surface area contributed by atoms with E-state index in [1.54, 1.807) is 0 Å². The first-order chi connectivity index (χ1) is 13.0. The number of carbonyl (C=O) groups is 2. The van der Waals surface area contributed by atoms with Crippen molar-refractivity contribution in [1.82, 2.24) is 0 Å². The summed E-state index contributed by atoms with van der Waals surface area (Å²) in [5, 5.41) is 0. The number of allylic oxidation sites excluding steroid dienone is 5. The van der Waals surface area contributed by atoms with Gasteiger partial charge in [0.1, 0.15) is 0 Å². The summed E-state index contributed by atoms with van der Waals surface area (Å²) in [6.45, 7) is 4.09. The van der Waals surface area contributed by atoms with Gasteiger partial charge >= 0.3 is 11.9 Å². The first-order valence-electron chi connectivity index (χ1n) is 9.32. The third kappa shape index (κ3) is 2.50. The van der Waals surface area contributed by atoms with Crippen molar-refractivity contribution in [3.8, 4) is 0 Å². The van der Waals surface area contributed by atoms with Crippen molar-refractivity contribution in [3.05, 3.63) is 65.3 Å². The van der Waals surface area contributed by atoms with Gasteiger partial charge in [-0.15, -0.1) is 0 Å². The third-order valence-electron chi connectivity index (χ3n) is 6.39. The van der Waals surface area contributed by atoms with Crippen LogP contribution in [0.25, 0.3) is 5.57 Å². The van der Waals surface area contributed by atoms with Crippen LogP contribution in [-0.2, 0) is 19.1 Å². The molecule has 0 unspecified atom stereocenters.